The molecule has 0 bridgehead atoms. The highest BCUT2D eigenvalue weighted by atomic mass is 16.3. The Morgan fingerprint density at radius 1 is 0.780 bits per heavy atom. The van der Waals surface area contributed by atoms with Crippen LogP contribution in [0.1, 0.15) is 72.9 Å². The van der Waals surface area contributed by atoms with E-state index in [1.165, 1.54) is 18.9 Å². The molecule has 3 aromatic carbocycles. The quantitative estimate of drug-likeness (QED) is 0.185. The van der Waals surface area contributed by atoms with Crippen molar-refractivity contribution in [1.82, 2.24) is 0 Å². The zero-order valence-corrected chi connectivity index (χ0v) is 22.8. The summed E-state index contributed by atoms with van der Waals surface area (Å²) < 4.78 is 0. The first-order valence-corrected chi connectivity index (χ1v) is 14.6. The second kappa shape index (κ2) is 8.57. The van der Waals surface area contributed by atoms with E-state index in [4.69, 9.17) is 5.73 Å². The van der Waals surface area contributed by atoms with Gasteiger partial charge in [0.25, 0.3) is 0 Å². The normalized spacial score (nSPS) is 23.4. The minimum atomic E-state index is -0.554. The number of anilines is 3. The second-order valence-corrected chi connectivity index (χ2v) is 12.2. The van der Waals surface area contributed by atoms with E-state index in [1.54, 1.807) is 6.08 Å². The maximum Gasteiger partial charge on any atom is 0.201 e. The van der Waals surface area contributed by atoms with E-state index in [-0.39, 0.29) is 28.6 Å². The van der Waals surface area contributed by atoms with Gasteiger partial charge >= 0.3 is 0 Å². The van der Waals surface area contributed by atoms with Gasteiger partial charge in [0.2, 0.25) is 5.78 Å². The number of allylic oxidation sites excluding steroid dienone is 5. The highest BCUT2D eigenvalue weighted by Crippen LogP contribution is 2.49. The van der Waals surface area contributed by atoms with Crippen LogP contribution in [0.5, 0.6) is 0 Å². The zero-order chi connectivity index (χ0) is 27.9. The summed E-state index contributed by atoms with van der Waals surface area (Å²) in [4.78, 5) is 26.9. The first kappa shape index (κ1) is 24.4. The number of nitrogens with two attached hydrogens (primary N) is 1. The van der Waals surface area contributed by atoms with Crippen LogP contribution in [0.2, 0.25) is 0 Å². The monoisotopic (exact) mass is 544 g/mol. The molecular weight excluding hydrogens is 512 g/mol. The van der Waals surface area contributed by atoms with Crippen LogP contribution < -0.4 is 21.7 Å². The Kier molecular flexibility index (Phi) is 5.11. The van der Waals surface area contributed by atoms with Crippen molar-refractivity contribution in [3.63, 3.8) is 0 Å². The van der Waals surface area contributed by atoms with Crippen LogP contribution in [-0.2, 0) is 4.79 Å². The van der Waals surface area contributed by atoms with Gasteiger partial charge in [-0.1, -0.05) is 30.3 Å². The van der Waals surface area contributed by atoms with Gasteiger partial charge in [0.1, 0.15) is 11.4 Å². The molecular formula is C34H32N4O3. The number of Topliss-reactive ketones (excluding diaryl/α,β-unsaturated/α-hetero) is 1. The van der Waals surface area contributed by atoms with Gasteiger partial charge in [-0.25, -0.2) is 0 Å². The summed E-state index contributed by atoms with van der Waals surface area (Å²) in [7, 11) is 0. The molecule has 8 rings (SSSR count). The van der Waals surface area contributed by atoms with E-state index in [9.17, 15) is 14.7 Å². The van der Waals surface area contributed by atoms with Crippen molar-refractivity contribution < 1.29 is 14.7 Å². The van der Waals surface area contributed by atoms with Gasteiger partial charge in [0.05, 0.1) is 22.4 Å². The molecule has 41 heavy (non-hydrogen) atoms. The zero-order valence-electron chi connectivity index (χ0n) is 22.8. The molecule has 5 aliphatic rings. The lowest BCUT2D eigenvalue weighted by Gasteiger charge is -2.39. The van der Waals surface area contributed by atoms with Crippen LogP contribution in [-0.4, -0.2) is 28.0 Å². The van der Waals surface area contributed by atoms with Crippen molar-refractivity contribution in [1.29, 1.82) is 0 Å². The average molecular weight is 545 g/mol. The molecule has 0 unspecified atom stereocenters. The Balaban J connectivity index is 1.22. The molecule has 0 aromatic heterocycles. The molecule has 4 aliphatic carbocycles. The summed E-state index contributed by atoms with van der Waals surface area (Å²) in [5, 5.41) is 24.3. The van der Waals surface area contributed by atoms with E-state index in [2.05, 4.69) is 22.0 Å². The summed E-state index contributed by atoms with van der Waals surface area (Å²) >= 11 is 0. The molecule has 2 saturated carbocycles. The lowest BCUT2D eigenvalue weighted by atomic mass is 9.76. The molecule has 2 fully saturated rings. The number of rotatable bonds is 3. The number of hydrogen-bond acceptors (Lipinski definition) is 7. The Hall–Kier alpha value is -4.36. The topological polar surface area (TPSA) is 116 Å². The maximum atomic E-state index is 13.8. The Bertz CT molecular complexity index is 1770. The molecule has 1 heterocycles. The molecule has 7 nitrogen and oxygen atoms in total. The van der Waals surface area contributed by atoms with Crippen LogP contribution in [0.15, 0.2) is 72.0 Å². The first-order chi connectivity index (χ1) is 19.9. The summed E-state index contributed by atoms with van der Waals surface area (Å²) in [5.74, 6) is -0.409. The molecule has 206 valence electrons. The largest absolute Gasteiger partial charge is 0.506 e. The van der Waals surface area contributed by atoms with Crippen LogP contribution in [0.4, 0.5) is 17.1 Å². The number of nitrogens with one attached hydrogen (secondary N) is 3. The van der Waals surface area contributed by atoms with Crippen molar-refractivity contribution in [2.24, 2.45) is 5.73 Å². The number of hydrogen-bond donors (Lipinski definition) is 5. The van der Waals surface area contributed by atoms with Crippen molar-refractivity contribution >= 4 is 50.5 Å². The number of benzene rings is 3. The lowest BCUT2D eigenvalue weighted by molar-refractivity contribution is -0.111. The Labute approximate surface area is 238 Å². The minimum Gasteiger partial charge on any atom is -0.506 e. The van der Waals surface area contributed by atoms with Crippen LogP contribution >= 0.6 is 0 Å². The number of ketones is 2. The molecule has 0 radical (unpaired) electrons. The first-order valence-electron chi connectivity index (χ1n) is 14.6. The van der Waals surface area contributed by atoms with E-state index in [1.807, 2.05) is 42.5 Å². The molecule has 0 saturated heterocycles. The van der Waals surface area contributed by atoms with E-state index >= 15 is 0 Å². The molecule has 0 amide bonds. The summed E-state index contributed by atoms with van der Waals surface area (Å²) in [6.45, 7) is 0. The van der Waals surface area contributed by atoms with Crippen molar-refractivity contribution in [2.45, 2.75) is 62.7 Å². The molecule has 3 aromatic rings. The van der Waals surface area contributed by atoms with Crippen LogP contribution in [0.25, 0.3) is 21.9 Å². The summed E-state index contributed by atoms with van der Waals surface area (Å²) in [5.41, 5.74) is 11.6. The van der Waals surface area contributed by atoms with E-state index in [0.717, 1.165) is 60.7 Å². The Morgan fingerprint density at radius 2 is 1.49 bits per heavy atom. The smallest absolute Gasteiger partial charge is 0.201 e. The number of aliphatic hydroxyl groups excluding tert-OH is 1. The summed E-state index contributed by atoms with van der Waals surface area (Å²) in [6, 6.07) is 15.6. The fraction of sp³-hybridized carbons (Fsp3) is 0.294. The fourth-order valence-electron chi connectivity index (χ4n) is 7.61. The number of carbonyl (C=O) groups excluding carboxylic acids is 2. The van der Waals surface area contributed by atoms with E-state index < -0.39 is 5.66 Å². The maximum absolute atomic E-state index is 13.8. The lowest BCUT2D eigenvalue weighted by Crippen LogP contribution is -2.45. The van der Waals surface area contributed by atoms with Gasteiger partial charge in [-0.2, -0.15) is 0 Å². The van der Waals surface area contributed by atoms with Gasteiger partial charge in [0.15, 0.2) is 5.78 Å². The predicted molar refractivity (Wildman–Crippen MR) is 163 cm³/mol. The SMILES string of the molecule is NC1(Nc2cccc3c2C(=O)C=C/C3=C2/C(=O)C(c3ccc4c5c(cccc35)NC3(CCCC3)N4)=C2O)CCCC1. The number of fused-ring (bicyclic) bond motifs is 1. The van der Waals surface area contributed by atoms with Gasteiger partial charge in [-0.3, -0.25) is 9.59 Å². The van der Waals surface area contributed by atoms with Gasteiger partial charge in [-0.05, 0) is 104 Å². The van der Waals surface area contributed by atoms with Crippen LogP contribution in [0.3, 0.4) is 0 Å². The third-order valence-electron chi connectivity index (χ3n) is 9.59. The van der Waals surface area contributed by atoms with Crippen molar-refractivity contribution in [3.8, 4) is 0 Å². The van der Waals surface area contributed by atoms with Crippen molar-refractivity contribution in [3.05, 3.63) is 88.7 Å². The number of aliphatic hydroxyl groups is 1. The van der Waals surface area contributed by atoms with Crippen molar-refractivity contribution in [2.75, 3.05) is 16.0 Å². The third-order valence-corrected chi connectivity index (χ3v) is 9.59. The Morgan fingerprint density at radius 3 is 2.24 bits per heavy atom. The second-order valence-electron chi connectivity index (χ2n) is 12.2. The average Bonchev–Trinajstić information content (AvgIpc) is 3.60. The summed E-state index contributed by atoms with van der Waals surface area (Å²) in [6.07, 6.45) is 11.4. The fourth-order valence-corrected chi connectivity index (χ4v) is 7.61. The predicted octanol–water partition coefficient (Wildman–Crippen LogP) is 6.65. The molecule has 1 aliphatic heterocycles. The van der Waals surface area contributed by atoms with E-state index in [0.29, 0.717) is 33.5 Å². The molecule has 7 heteroatoms. The third kappa shape index (κ3) is 3.55. The molecule has 1 spiro atoms. The molecule has 6 N–H and O–H groups in total. The van der Waals surface area contributed by atoms with Gasteiger partial charge in [-0.15, -0.1) is 0 Å². The van der Waals surface area contributed by atoms with Gasteiger partial charge < -0.3 is 26.8 Å². The standard InChI is InChI=1S/C34H32N4O3/c35-33(15-1-2-16-33)36-24-10-6-8-20-22(12-14-26(39)28(20)24)30-31(40)29(32(30)41)21-11-13-25-27-19(21)7-5-9-23(27)37-34(38-25)17-3-4-18-34/h5-14,36-38,40H,1-4,15-18,35H2/b30-22-. The minimum absolute atomic E-state index is 0.0379. The highest BCUT2D eigenvalue weighted by molar-refractivity contribution is 6.43. The number of carbonyl (C=O) groups is 2. The molecule has 0 atom stereocenters. The van der Waals surface area contributed by atoms with Crippen LogP contribution in [0, 0.1) is 0 Å². The highest BCUT2D eigenvalue weighted by Gasteiger charge is 2.41. The van der Waals surface area contributed by atoms with Gasteiger partial charge in [0, 0.05) is 22.4 Å².